The first-order valence-corrected chi connectivity index (χ1v) is 12.4. The van der Waals surface area contributed by atoms with Gasteiger partial charge in [-0.25, -0.2) is 4.68 Å². The molecule has 4 aromatic rings. The lowest BCUT2D eigenvalue weighted by molar-refractivity contribution is 0.00448. The number of ether oxygens (including phenoxy) is 2. The summed E-state index contributed by atoms with van der Waals surface area (Å²) in [7, 11) is 0. The van der Waals surface area contributed by atoms with Crippen molar-refractivity contribution in [2.24, 2.45) is 5.92 Å². The predicted octanol–water partition coefficient (Wildman–Crippen LogP) is 5.60. The molecule has 2 aromatic carbocycles. The van der Waals surface area contributed by atoms with E-state index in [1.807, 2.05) is 84.4 Å². The van der Waals surface area contributed by atoms with E-state index in [9.17, 15) is 5.11 Å². The van der Waals surface area contributed by atoms with Crippen molar-refractivity contribution in [1.82, 2.24) is 14.7 Å². The van der Waals surface area contributed by atoms with Gasteiger partial charge in [-0.2, -0.15) is 5.10 Å². The van der Waals surface area contributed by atoms with Gasteiger partial charge in [0.15, 0.2) is 0 Å². The number of hydrogen-bond acceptors (Lipinski definition) is 6. The van der Waals surface area contributed by atoms with Gasteiger partial charge in [-0.3, -0.25) is 4.90 Å². The van der Waals surface area contributed by atoms with E-state index in [0.717, 1.165) is 28.5 Å². The largest absolute Gasteiger partial charge is 0.468 e. The van der Waals surface area contributed by atoms with Crippen LogP contribution in [0.5, 0.6) is 11.6 Å². The van der Waals surface area contributed by atoms with Crippen molar-refractivity contribution in [3.63, 3.8) is 0 Å². The highest BCUT2D eigenvalue weighted by atomic mass is 16.5. The predicted molar refractivity (Wildman–Crippen MR) is 139 cm³/mol. The van der Waals surface area contributed by atoms with Crippen LogP contribution in [-0.4, -0.2) is 45.6 Å². The zero-order valence-electron chi connectivity index (χ0n) is 21.2. The molecule has 0 bridgehead atoms. The van der Waals surface area contributed by atoms with Crippen molar-refractivity contribution in [2.75, 3.05) is 19.8 Å². The number of rotatable bonds is 13. The first kappa shape index (κ1) is 25.7. The molecule has 0 radical (unpaired) electrons. The lowest BCUT2D eigenvalue weighted by Gasteiger charge is -2.25. The molecule has 36 heavy (non-hydrogen) atoms. The van der Waals surface area contributed by atoms with Crippen LogP contribution in [0.3, 0.4) is 0 Å². The van der Waals surface area contributed by atoms with Crippen molar-refractivity contribution in [2.45, 2.75) is 40.0 Å². The Kier molecular flexibility index (Phi) is 8.95. The fourth-order valence-corrected chi connectivity index (χ4v) is 3.99. The molecule has 0 saturated heterocycles. The van der Waals surface area contributed by atoms with Crippen LogP contribution in [0, 0.1) is 12.8 Å². The number of aliphatic hydroxyl groups is 1. The zero-order chi connectivity index (χ0) is 25.3. The summed E-state index contributed by atoms with van der Waals surface area (Å²) in [6, 6.07) is 23.5. The molecule has 190 valence electrons. The second-order valence-electron chi connectivity index (χ2n) is 9.37. The molecule has 4 rings (SSSR count). The summed E-state index contributed by atoms with van der Waals surface area (Å²) in [5.41, 5.74) is 2.72. The van der Waals surface area contributed by atoms with Crippen LogP contribution in [0.1, 0.15) is 30.9 Å². The molecule has 7 heteroatoms. The van der Waals surface area contributed by atoms with Crippen molar-refractivity contribution >= 4 is 0 Å². The van der Waals surface area contributed by atoms with E-state index in [-0.39, 0.29) is 6.61 Å². The number of para-hydroxylation sites is 2. The molecule has 0 fully saturated rings. The normalized spacial score (nSPS) is 12.4. The molecule has 7 nitrogen and oxygen atoms in total. The lowest BCUT2D eigenvalue weighted by Crippen LogP contribution is -2.34. The third-order valence-electron chi connectivity index (χ3n) is 5.67. The Balaban J connectivity index is 1.63. The SMILES string of the molecule is Cc1nn(-c2ccccc2)c(Oc2ccccc2)c1CN(Cc1ccco1)C[C@H](O)COCC(C)C. The van der Waals surface area contributed by atoms with Crippen molar-refractivity contribution < 1.29 is 19.0 Å². The third-order valence-corrected chi connectivity index (χ3v) is 5.67. The van der Waals surface area contributed by atoms with Crippen molar-refractivity contribution in [1.29, 1.82) is 0 Å². The fraction of sp³-hybridized carbons (Fsp3) is 0.345. The van der Waals surface area contributed by atoms with E-state index < -0.39 is 6.10 Å². The smallest absolute Gasteiger partial charge is 0.227 e. The van der Waals surface area contributed by atoms with E-state index in [1.165, 1.54) is 0 Å². The molecule has 0 aliphatic carbocycles. The van der Waals surface area contributed by atoms with Gasteiger partial charge in [-0.15, -0.1) is 0 Å². The molecule has 0 spiro atoms. The molecule has 2 heterocycles. The molecule has 0 aliphatic heterocycles. The standard InChI is InChI=1S/C29H35N3O4/c1-22(2)20-34-21-25(33)17-31(18-27-15-10-16-35-27)19-28-23(3)30-32(24-11-6-4-7-12-24)29(28)36-26-13-8-5-9-14-26/h4-16,22,25,33H,17-21H2,1-3H3/t25-/m0/s1. The minimum absolute atomic E-state index is 0.280. The first-order chi connectivity index (χ1) is 17.5. The van der Waals surface area contributed by atoms with Gasteiger partial charge in [-0.1, -0.05) is 50.2 Å². The van der Waals surface area contributed by atoms with Crippen LogP contribution >= 0.6 is 0 Å². The van der Waals surface area contributed by atoms with Gasteiger partial charge in [0.25, 0.3) is 0 Å². The topological polar surface area (TPSA) is 72.9 Å². The molecular weight excluding hydrogens is 454 g/mol. The van der Waals surface area contributed by atoms with Crippen LogP contribution in [-0.2, 0) is 17.8 Å². The summed E-state index contributed by atoms with van der Waals surface area (Å²) in [6.07, 6.45) is 1.03. The Morgan fingerprint density at radius 2 is 1.67 bits per heavy atom. The van der Waals surface area contributed by atoms with Crippen molar-refractivity contribution in [3.05, 3.63) is 96.1 Å². The number of hydrogen-bond donors (Lipinski definition) is 1. The maximum absolute atomic E-state index is 10.7. The number of nitrogens with zero attached hydrogens (tertiary/aromatic N) is 3. The van der Waals surface area contributed by atoms with E-state index in [2.05, 4.69) is 18.7 Å². The Bertz CT molecular complexity index is 1170. The summed E-state index contributed by atoms with van der Waals surface area (Å²) in [6.45, 7) is 8.54. The highest BCUT2D eigenvalue weighted by Gasteiger charge is 2.23. The van der Waals surface area contributed by atoms with Gasteiger partial charge in [0.2, 0.25) is 5.88 Å². The molecular formula is C29H35N3O4. The first-order valence-electron chi connectivity index (χ1n) is 12.4. The second-order valence-corrected chi connectivity index (χ2v) is 9.37. The zero-order valence-corrected chi connectivity index (χ0v) is 21.2. The van der Waals surface area contributed by atoms with Crippen LogP contribution < -0.4 is 4.74 Å². The summed E-state index contributed by atoms with van der Waals surface area (Å²) >= 11 is 0. The fourth-order valence-electron chi connectivity index (χ4n) is 3.99. The van der Waals surface area contributed by atoms with E-state index in [4.69, 9.17) is 19.0 Å². The minimum Gasteiger partial charge on any atom is -0.468 e. The van der Waals surface area contributed by atoms with E-state index in [1.54, 1.807) is 6.26 Å². The number of furan rings is 1. The maximum Gasteiger partial charge on any atom is 0.227 e. The Morgan fingerprint density at radius 3 is 2.33 bits per heavy atom. The molecule has 0 aliphatic rings. The highest BCUT2D eigenvalue weighted by Crippen LogP contribution is 2.32. The molecule has 1 N–H and O–H groups in total. The average molecular weight is 490 g/mol. The van der Waals surface area contributed by atoms with Gasteiger partial charge >= 0.3 is 0 Å². The Hall–Kier alpha value is -3.39. The molecule has 1 atom stereocenters. The monoisotopic (exact) mass is 489 g/mol. The maximum atomic E-state index is 10.7. The van der Waals surface area contributed by atoms with Gasteiger partial charge < -0.3 is 19.0 Å². The summed E-state index contributed by atoms with van der Waals surface area (Å²) in [4.78, 5) is 2.14. The number of aromatic nitrogens is 2. The van der Waals surface area contributed by atoms with Gasteiger partial charge in [0, 0.05) is 19.7 Å². The van der Waals surface area contributed by atoms with Crippen LogP contribution in [0.15, 0.2) is 83.5 Å². The minimum atomic E-state index is -0.637. The number of benzene rings is 2. The summed E-state index contributed by atoms with van der Waals surface area (Å²) in [5.74, 6) is 2.62. The van der Waals surface area contributed by atoms with E-state index >= 15 is 0 Å². The molecule has 2 aromatic heterocycles. The average Bonchev–Trinajstić information content (AvgIpc) is 3.48. The Labute approximate surface area is 212 Å². The van der Waals surface area contributed by atoms with Crippen LogP contribution in [0.4, 0.5) is 0 Å². The highest BCUT2D eigenvalue weighted by molar-refractivity contribution is 5.43. The van der Waals surface area contributed by atoms with Gasteiger partial charge in [-0.05, 0) is 49.2 Å². The summed E-state index contributed by atoms with van der Waals surface area (Å²) < 4.78 is 19.6. The quantitative estimate of drug-likeness (QED) is 0.263. The van der Waals surface area contributed by atoms with Gasteiger partial charge in [0.1, 0.15) is 11.5 Å². The lowest BCUT2D eigenvalue weighted by atomic mass is 10.2. The molecule has 0 amide bonds. The second kappa shape index (κ2) is 12.5. The van der Waals surface area contributed by atoms with E-state index in [0.29, 0.717) is 38.0 Å². The van der Waals surface area contributed by atoms with Gasteiger partial charge in [0.05, 0.1) is 42.5 Å². The molecule has 0 saturated carbocycles. The molecule has 0 unspecified atom stereocenters. The van der Waals surface area contributed by atoms with Crippen molar-refractivity contribution in [3.8, 4) is 17.3 Å². The summed E-state index contributed by atoms with van der Waals surface area (Å²) in [5, 5.41) is 15.6. The number of aryl methyl sites for hydroxylation is 1. The van der Waals surface area contributed by atoms with Crippen LogP contribution in [0.25, 0.3) is 5.69 Å². The number of aliphatic hydroxyl groups excluding tert-OH is 1. The van der Waals surface area contributed by atoms with Crippen LogP contribution in [0.2, 0.25) is 0 Å². The third kappa shape index (κ3) is 7.07. The Morgan fingerprint density at radius 1 is 0.944 bits per heavy atom.